The molecule has 18 heavy (non-hydrogen) atoms. The molecule has 2 unspecified atom stereocenters. The van der Waals surface area contributed by atoms with Crippen LogP contribution >= 0.6 is 0 Å². The highest BCUT2D eigenvalue weighted by Crippen LogP contribution is 2.39. The molecule has 3 nitrogen and oxygen atoms in total. The second-order valence-corrected chi connectivity index (χ2v) is 9.35. The molecule has 0 aliphatic heterocycles. The Bertz CT molecular complexity index is 383. The van der Waals surface area contributed by atoms with E-state index in [9.17, 15) is 8.42 Å². The van der Waals surface area contributed by atoms with Gasteiger partial charge in [-0.3, -0.25) is 0 Å². The van der Waals surface area contributed by atoms with Crippen molar-refractivity contribution in [2.24, 2.45) is 17.1 Å². The topological polar surface area (TPSA) is 60.2 Å². The Morgan fingerprint density at radius 1 is 1.17 bits per heavy atom. The summed E-state index contributed by atoms with van der Waals surface area (Å²) >= 11 is 0. The molecule has 0 radical (unpaired) electrons. The molecule has 0 aromatic rings. The minimum Gasteiger partial charge on any atom is -0.327 e. The number of sulfone groups is 1. The van der Waals surface area contributed by atoms with Crippen LogP contribution in [-0.2, 0) is 9.84 Å². The van der Waals surface area contributed by atoms with Crippen LogP contribution in [0.3, 0.4) is 0 Å². The Morgan fingerprint density at radius 2 is 1.78 bits per heavy atom. The van der Waals surface area contributed by atoms with Crippen LogP contribution < -0.4 is 5.73 Å². The predicted molar refractivity (Wildman–Crippen MR) is 75.1 cm³/mol. The van der Waals surface area contributed by atoms with Crippen molar-refractivity contribution < 1.29 is 8.42 Å². The second kappa shape index (κ2) is 5.12. The van der Waals surface area contributed by atoms with Gasteiger partial charge < -0.3 is 5.73 Å². The van der Waals surface area contributed by atoms with E-state index in [1.165, 1.54) is 12.8 Å². The van der Waals surface area contributed by atoms with E-state index < -0.39 is 9.84 Å². The second-order valence-electron chi connectivity index (χ2n) is 7.09. The van der Waals surface area contributed by atoms with Gasteiger partial charge in [0.1, 0.15) is 0 Å². The predicted octanol–water partition coefficient (Wildman–Crippen LogP) is 2.50. The van der Waals surface area contributed by atoms with Gasteiger partial charge in [-0.25, -0.2) is 8.42 Å². The van der Waals surface area contributed by atoms with Crippen LogP contribution in [0, 0.1) is 11.3 Å². The van der Waals surface area contributed by atoms with E-state index in [0.717, 1.165) is 32.1 Å². The third-order valence-corrected chi connectivity index (χ3v) is 7.16. The van der Waals surface area contributed by atoms with E-state index in [-0.39, 0.29) is 16.7 Å². The maximum absolute atomic E-state index is 12.6. The van der Waals surface area contributed by atoms with Crippen LogP contribution in [0.25, 0.3) is 0 Å². The lowest BCUT2D eigenvalue weighted by Gasteiger charge is -2.39. The third-order valence-electron chi connectivity index (χ3n) is 4.79. The van der Waals surface area contributed by atoms with Gasteiger partial charge in [0, 0.05) is 6.04 Å². The smallest absolute Gasteiger partial charge is 0.154 e. The summed E-state index contributed by atoms with van der Waals surface area (Å²) in [6, 6.07) is -0.149. The fourth-order valence-corrected chi connectivity index (χ4v) is 6.18. The lowest BCUT2D eigenvalue weighted by atomic mass is 9.75. The Kier molecular flexibility index (Phi) is 4.07. The van der Waals surface area contributed by atoms with Crippen molar-refractivity contribution in [3.63, 3.8) is 0 Å². The SMILES string of the molecule is CC1(C)CCC(N)C(S(=O)(=O)CC2CCCC2)C1. The van der Waals surface area contributed by atoms with Crippen LogP contribution in [0.2, 0.25) is 0 Å². The molecular weight excluding hydrogens is 246 g/mol. The molecule has 0 aromatic carbocycles. The zero-order valence-electron chi connectivity index (χ0n) is 11.7. The molecule has 2 fully saturated rings. The lowest BCUT2D eigenvalue weighted by Crippen LogP contribution is -2.48. The fourth-order valence-electron chi connectivity index (χ4n) is 3.56. The van der Waals surface area contributed by atoms with Crippen molar-refractivity contribution in [3.8, 4) is 0 Å². The summed E-state index contributed by atoms with van der Waals surface area (Å²) < 4.78 is 25.1. The maximum Gasteiger partial charge on any atom is 0.154 e. The lowest BCUT2D eigenvalue weighted by molar-refractivity contribution is 0.227. The van der Waals surface area contributed by atoms with E-state index in [4.69, 9.17) is 5.73 Å². The molecule has 0 amide bonds. The normalized spacial score (nSPS) is 33.7. The van der Waals surface area contributed by atoms with Gasteiger partial charge in [-0.2, -0.15) is 0 Å². The van der Waals surface area contributed by atoms with Crippen LogP contribution in [0.15, 0.2) is 0 Å². The van der Waals surface area contributed by atoms with Gasteiger partial charge in [0.2, 0.25) is 0 Å². The average Bonchev–Trinajstić information content (AvgIpc) is 2.73. The van der Waals surface area contributed by atoms with Gasteiger partial charge in [0.15, 0.2) is 9.84 Å². The Balaban J connectivity index is 2.07. The van der Waals surface area contributed by atoms with E-state index in [1.54, 1.807) is 0 Å². The molecule has 0 heterocycles. The molecule has 0 aromatic heterocycles. The van der Waals surface area contributed by atoms with Gasteiger partial charge in [-0.05, 0) is 43.4 Å². The minimum absolute atomic E-state index is 0.128. The minimum atomic E-state index is -3.01. The number of rotatable bonds is 3. The van der Waals surface area contributed by atoms with Crippen molar-refractivity contribution >= 4 is 9.84 Å². The Morgan fingerprint density at radius 3 is 2.39 bits per heavy atom. The van der Waals surface area contributed by atoms with Crippen molar-refractivity contribution in [2.75, 3.05) is 5.75 Å². The van der Waals surface area contributed by atoms with Gasteiger partial charge in [0.05, 0.1) is 11.0 Å². The largest absolute Gasteiger partial charge is 0.327 e. The van der Waals surface area contributed by atoms with Crippen LogP contribution in [0.1, 0.15) is 58.8 Å². The molecule has 0 bridgehead atoms. The molecule has 106 valence electrons. The van der Waals surface area contributed by atoms with Crippen LogP contribution in [0.5, 0.6) is 0 Å². The summed E-state index contributed by atoms with van der Waals surface area (Å²) in [5, 5.41) is -0.304. The molecule has 4 heteroatoms. The first kappa shape index (κ1) is 14.3. The van der Waals surface area contributed by atoms with Gasteiger partial charge in [-0.1, -0.05) is 26.7 Å². The summed E-state index contributed by atoms with van der Waals surface area (Å²) in [4.78, 5) is 0. The molecule has 2 aliphatic carbocycles. The first-order chi connectivity index (χ1) is 8.30. The molecule has 2 atom stereocenters. The molecule has 2 N–H and O–H groups in total. The summed E-state index contributed by atoms with van der Waals surface area (Å²) in [5.41, 5.74) is 6.21. The van der Waals surface area contributed by atoms with Gasteiger partial charge >= 0.3 is 0 Å². The van der Waals surface area contributed by atoms with Crippen LogP contribution in [-0.4, -0.2) is 25.5 Å². The van der Waals surface area contributed by atoms with Crippen molar-refractivity contribution in [1.29, 1.82) is 0 Å². The number of nitrogens with two attached hydrogens (primary N) is 1. The summed E-state index contributed by atoms with van der Waals surface area (Å²) in [6.45, 7) is 4.33. The highest BCUT2D eigenvalue weighted by Gasteiger charge is 2.41. The third kappa shape index (κ3) is 3.27. The molecule has 0 spiro atoms. The van der Waals surface area contributed by atoms with E-state index >= 15 is 0 Å². The standard InChI is InChI=1S/C14H27NO2S/c1-14(2)8-7-12(15)13(9-14)18(16,17)10-11-5-3-4-6-11/h11-13H,3-10,15H2,1-2H3. The van der Waals surface area contributed by atoms with Crippen molar-refractivity contribution in [3.05, 3.63) is 0 Å². The van der Waals surface area contributed by atoms with Gasteiger partial charge in [-0.15, -0.1) is 0 Å². The molecular formula is C14H27NO2S. The number of hydrogen-bond acceptors (Lipinski definition) is 3. The van der Waals surface area contributed by atoms with Crippen molar-refractivity contribution in [2.45, 2.75) is 70.1 Å². The highest BCUT2D eigenvalue weighted by atomic mass is 32.2. The average molecular weight is 273 g/mol. The number of hydrogen-bond donors (Lipinski definition) is 1. The molecule has 2 saturated carbocycles. The first-order valence-electron chi connectivity index (χ1n) is 7.27. The Hall–Kier alpha value is -0.0900. The van der Waals surface area contributed by atoms with Gasteiger partial charge in [0.25, 0.3) is 0 Å². The van der Waals surface area contributed by atoms with E-state index in [1.807, 2.05) is 0 Å². The van der Waals surface area contributed by atoms with E-state index in [0.29, 0.717) is 11.7 Å². The van der Waals surface area contributed by atoms with Crippen LogP contribution in [0.4, 0.5) is 0 Å². The summed E-state index contributed by atoms with van der Waals surface area (Å²) in [7, 11) is -3.01. The zero-order valence-corrected chi connectivity index (χ0v) is 12.5. The van der Waals surface area contributed by atoms with E-state index in [2.05, 4.69) is 13.8 Å². The zero-order chi connectivity index (χ0) is 13.4. The molecule has 2 aliphatic rings. The maximum atomic E-state index is 12.6. The fraction of sp³-hybridized carbons (Fsp3) is 1.00. The first-order valence-corrected chi connectivity index (χ1v) is 8.99. The summed E-state index contributed by atoms with van der Waals surface area (Å²) in [6.07, 6.45) is 7.20. The monoisotopic (exact) mass is 273 g/mol. The quantitative estimate of drug-likeness (QED) is 0.859. The molecule has 2 rings (SSSR count). The molecule has 0 saturated heterocycles. The van der Waals surface area contributed by atoms with Crippen molar-refractivity contribution in [1.82, 2.24) is 0 Å². The Labute approximate surface area is 111 Å². The summed E-state index contributed by atoms with van der Waals surface area (Å²) in [5.74, 6) is 0.772. The highest BCUT2D eigenvalue weighted by molar-refractivity contribution is 7.92.